The van der Waals surface area contributed by atoms with Crippen LogP contribution in [0.5, 0.6) is 0 Å². The van der Waals surface area contributed by atoms with E-state index in [9.17, 15) is 13.6 Å². The molecule has 1 aromatic heterocycles. The molecule has 2 rings (SSSR count). The van der Waals surface area contributed by atoms with Crippen molar-refractivity contribution in [3.63, 3.8) is 0 Å². The van der Waals surface area contributed by atoms with Gasteiger partial charge in [-0.3, -0.25) is 0 Å². The molecule has 0 unspecified atom stereocenters. The maximum atomic E-state index is 13.3. The van der Waals surface area contributed by atoms with Gasteiger partial charge in [-0.15, -0.1) is 0 Å². The molecule has 5 heteroatoms. The summed E-state index contributed by atoms with van der Waals surface area (Å²) in [6.07, 6.45) is 0. The molecule has 72 valence electrons. The van der Waals surface area contributed by atoms with Crippen molar-refractivity contribution in [2.45, 2.75) is 0 Å². The number of carboxylic acid groups (broad SMARTS) is 1. The van der Waals surface area contributed by atoms with Crippen molar-refractivity contribution in [3.8, 4) is 0 Å². The molecule has 14 heavy (non-hydrogen) atoms. The van der Waals surface area contributed by atoms with Crippen LogP contribution in [-0.2, 0) is 0 Å². The van der Waals surface area contributed by atoms with Crippen LogP contribution in [-0.4, -0.2) is 16.1 Å². The molecular formula is C9H5F2NO2. The molecule has 2 N–H and O–H groups in total. The van der Waals surface area contributed by atoms with Gasteiger partial charge in [-0.2, -0.15) is 0 Å². The molecule has 2 aromatic rings. The van der Waals surface area contributed by atoms with Crippen molar-refractivity contribution in [1.29, 1.82) is 0 Å². The molecule has 3 nitrogen and oxygen atoms in total. The Bertz CT molecular complexity index is 519. The third-order valence-corrected chi connectivity index (χ3v) is 1.91. The van der Waals surface area contributed by atoms with Gasteiger partial charge in [0.05, 0.1) is 0 Å². The zero-order valence-electron chi connectivity index (χ0n) is 6.84. The minimum absolute atomic E-state index is 0.0533. The summed E-state index contributed by atoms with van der Waals surface area (Å²) in [7, 11) is 0. The highest BCUT2D eigenvalue weighted by Crippen LogP contribution is 2.21. The fourth-order valence-corrected chi connectivity index (χ4v) is 1.28. The van der Waals surface area contributed by atoms with E-state index >= 15 is 0 Å². The van der Waals surface area contributed by atoms with E-state index < -0.39 is 23.3 Å². The fourth-order valence-electron chi connectivity index (χ4n) is 1.28. The molecule has 0 radical (unpaired) electrons. The Morgan fingerprint density at radius 2 is 2.07 bits per heavy atom. The molecule has 0 amide bonds. The maximum Gasteiger partial charge on any atom is 0.355 e. The molecule has 0 bridgehead atoms. The Morgan fingerprint density at radius 3 is 2.71 bits per heavy atom. The van der Waals surface area contributed by atoms with Crippen LogP contribution in [0.15, 0.2) is 18.2 Å². The Labute approximate surface area is 77.0 Å². The lowest BCUT2D eigenvalue weighted by atomic mass is 10.2. The molecule has 0 aliphatic carbocycles. The Balaban J connectivity index is 2.80. The number of carboxylic acids is 1. The standard InChI is InChI=1S/C9H5F2NO2/c10-4-1-2-6-5(3-4)7(11)8(12-6)9(13)14/h1-3,12H,(H,13,14). The van der Waals surface area contributed by atoms with Crippen LogP contribution < -0.4 is 0 Å². The first-order valence-electron chi connectivity index (χ1n) is 3.79. The van der Waals surface area contributed by atoms with Gasteiger partial charge < -0.3 is 10.1 Å². The fraction of sp³-hybridized carbons (Fsp3) is 0. The van der Waals surface area contributed by atoms with Crippen molar-refractivity contribution in [1.82, 2.24) is 4.98 Å². The van der Waals surface area contributed by atoms with E-state index in [0.717, 1.165) is 12.1 Å². The molecule has 1 aromatic carbocycles. The van der Waals surface area contributed by atoms with Crippen molar-refractivity contribution in [2.75, 3.05) is 0 Å². The molecule has 0 spiro atoms. The molecule has 0 saturated carbocycles. The number of halogens is 2. The third kappa shape index (κ3) is 1.14. The number of hydrogen-bond donors (Lipinski definition) is 2. The van der Waals surface area contributed by atoms with E-state index in [0.29, 0.717) is 0 Å². The topological polar surface area (TPSA) is 53.1 Å². The summed E-state index contributed by atoms with van der Waals surface area (Å²) in [6.45, 7) is 0. The van der Waals surface area contributed by atoms with E-state index in [2.05, 4.69) is 4.98 Å². The number of benzene rings is 1. The van der Waals surface area contributed by atoms with E-state index in [1.54, 1.807) is 0 Å². The molecular weight excluding hydrogens is 192 g/mol. The molecule has 0 aliphatic heterocycles. The number of carbonyl (C=O) groups is 1. The number of aromatic carboxylic acids is 1. The third-order valence-electron chi connectivity index (χ3n) is 1.91. The second-order valence-corrected chi connectivity index (χ2v) is 2.81. The highest BCUT2D eigenvalue weighted by molar-refractivity contribution is 5.94. The first-order chi connectivity index (χ1) is 6.59. The van der Waals surface area contributed by atoms with Gasteiger partial charge in [-0.1, -0.05) is 0 Å². The summed E-state index contributed by atoms with van der Waals surface area (Å²) in [4.78, 5) is 12.9. The number of rotatable bonds is 1. The highest BCUT2D eigenvalue weighted by atomic mass is 19.1. The number of nitrogens with one attached hydrogen (secondary N) is 1. The number of H-pyrrole nitrogens is 1. The van der Waals surface area contributed by atoms with Gasteiger partial charge in [0.1, 0.15) is 5.82 Å². The normalized spacial score (nSPS) is 10.7. The molecule has 1 heterocycles. The highest BCUT2D eigenvalue weighted by Gasteiger charge is 2.16. The van der Waals surface area contributed by atoms with Gasteiger partial charge in [-0.05, 0) is 18.2 Å². The van der Waals surface area contributed by atoms with Crippen molar-refractivity contribution < 1.29 is 18.7 Å². The Hall–Kier alpha value is -1.91. The monoisotopic (exact) mass is 197 g/mol. The number of fused-ring (bicyclic) bond motifs is 1. The lowest BCUT2D eigenvalue weighted by molar-refractivity contribution is 0.0686. The number of hydrogen-bond acceptors (Lipinski definition) is 1. The van der Waals surface area contributed by atoms with Crippen LogP contribution in [0.1, 0.15) is 10.5 Å². The number of aromatic nitrogens is 1. The van der Waals surface area contributed by atoms with Gasteiger partial charge >= 0.3 is 5.97 Å². The SMILES string of the molecule is O=C(O)c1[nH]c2ccc(F)cc2c1F. The summed E-state index contributed by atoms with van der Waals surface area (Å²) >= 11 is 0. The minimum Gasteiger partial charge on any atom is -0.476 e. The average Bonchev–Trinajstić information content (AvgIpc) is 2.44. The number of aromatic amines is 1. The molecule has 0 fully saturated rings. The predicted molar refractivity (Wildman–Crippen MR) is 45.2 cm³/mol. The first kappa shape index (κ1) is 8.68. The minimum atomic E-state index is -1.40. The quantitative estimate of drug-likeness (QED) is 0.735. The second kappa shape index (κ2) is 2.80. The van der Waals surface area contributed by atoms with Gasteiger partial charge in [0.25, 0.3) is 0 Å². The van der Waals surface area contributed by atoms with E-state index in [1.807, 2.05) is 0 Å². The van der Waals surface area contributed by atoms with E-state index in [-0.39, 0.29) is 10.9 Å². The van der Waals surface area contributed by atoms with Crippen LogP contribution in [0, 0.1) is 11.6 Å². The summed E-state index contributed by atoms with van der Waals surface area (Å²) < 4.78 is 26.0. The van der Waals surface area contributed by atoms with Crippen LogP contribution in [0.25, 0.3) is 10.9 Å². The summed E-state index contributed by atoms with van der Waals surface area (Å²) in [6, 6.07) is 3.37. The van der Waals surface area contributed by atoms with E-state index in [1.165, 1.54) is 6.07 Å². The van der Waals surface area contributed by atoms with Crippen LogP contribution >= 0.6 is 0 Å². The summed E-state index contributed by atoms with van der Waals surface area (Å²) in [5.74, 6) is -2.95. The van der Waals surface area contributed by atoms with Gasteiger partial charge in [0.15, 0.2) is 11.5 Å². The van der Waals surface area contributed by atoms with Crippen LogP contribution in [0.3, 0.4) is 0 Å². The lowest BCUT2D eigenvalue weighted by Crippen LogP contribution is -1.98. The van der Waals surface area contributed by atoms with Crippen LogP contribution in [0.4, 0.5) is 8.78 Å². The van der Waals surface area contributed by atoms with Crippen molar-refractivity contribution in [2.24, 2.45) is 0 Å². The maximum absolute atomic E-state index is 13.3. The van der Waals surface area contributed by atoms with Gasteiger partial charge in [-0.25, -0.2) is 13.6 Å². The van der Waals surface area contributed by atoms with Crippen molar-refractivity contribution >= 4 is 16.9 Å². The largest absolute Gasteiger partial charge is 0.476 e. The smallest absolute Gasteiger partial charge is 0.355 e. The first-order valence-corrected chi connectivity index (χ1v) is 3.79. The second-order valence-electron chi connectivity index (χ2n) is 2.81. The summed E-state index contributed by atoms with van der Waals surface area (Å²) in [5, 5.41) is 8.52. The molecule has 0 saturated heterocycles. The Kier molecular flexibility index (Phi) is 1.73. The van der Waals surface area contributed by atoms with Gasteiger partial charge in [0, 0.05) is 10.9 Å². The van der Waals surface area contributed by atoms with Gasteiger partial charge in [0.2, 0.25) is 0 Å². The molecule has 0 atom stereocenters. The zero-order valence-corrected chi connectivity index (χ0v) is 6.84. The van der Waals surface area contributed by atoms with Crippen LogP contribution in [0.2, 0.25) is 0 Å². The Morgan fingerprint density at radius 1 is 1.36 bits per heavy atom. The zero-order chi connectivity index (χ0) is 10.3. The molecule has 0 aliphatic rings. The van der Waals surface area contributed by atoms with E-state index in [4.69, 9.17) is 5.11 Å². The predicted octanol–water partition coefficient (Wildman–Crippen LogP) is 2.14. The lowest BCUT2D eigenvalue weighted by Gasteiger charge is -1.88. The summed E-state index contributed by atoms with van der Waals surface area (Å²) in [5.41, 5.74) is -0.285. The average molecular weight is 197 g/mol. The van der Waals surface area contributed by atoms with Crippen molar-refractivity contribution in [3.05, 3.63) is 35.5 Å².